The molecule has 0 radical (unpaired) electrons. The first-order valence-corrected chi connectivity index (χ1v) is 4.09. The molecular weight excluding hydrogens is 140 g/mol. The average molecular weight is 156 g/mol. The van der Waals surface area contributed by atoms with Crippen LogP contribution in [0.3, 0.4) is 0 Å². The van der Waals surface area contributed by atoms with Crippen molar-refractivity contribution in [3.63, 3.8) is 0 Å². The summed E-state index contributed by atoms with van der Waals surface area (Å²) in [4.78, 5) is 0. The third-order valence-electron chi connectivity index (χ3n) is 2.14. The van der Waals surface area contributed by atoms with Crippen molar-refractivity contribution >= 4 is 0 Å². The minimum absolute atomic E-state index is 0.188. The first kappa shape index (κ1) is 8.75. The standard InChI is InChI=1S/C9H16O2/c1-3-9(8-10-2)6-4-5-7-11-9/h3H,1,4-8H2,2H3. The summed E-state index contributed by atoms with van der Waals surface area (Å²) in [5.74, 6) is 0. The van der Waals surface area contributed by atoms with Gasteiger partial charge in [0.05, 0.1) is 6.61 Å². The van der Waals surface area contributed by atoms with Crippen molar-refractivity contribution in [1.29, 1.82) is 0 Å². The minimum Gasteiger partial charge on any atom is -0.381 e. The van der Waals surface area contributed by atoms with Crippen LogP contribution in [0.2, 0.25) is 0 Å². The summed E-state index contributed by atoms with van der Waals surface area (Å²) in [5.41, 5.74) is -0.188. The van der Waals surface area contributed by atoms with Gasteiger partial charge in [0.15, 0.2) is 0 Å². The zero-order valence-corrected chi connectivity index (χ0v) is 7.14. The molecule has 0 saturated carbocycles. The van der Waals surface area contributed by atoms with Crippen LogP contribution in [0.5, 0.6) is 0 Å². The average Bonchev–Trinajstić information content (AvgIpc) is 2.07. The number of hydrogen-bond donors (Lipinski definition) is 0. The van der Waals surface area contributed by atoms with Crippen molar-refractivity contribution in [1.82, 2.24) is 0 Å². The van der Waals surface area contributed by atoms with Gasteiger partial charge >= 0.3 is 0 Å². The van der Waals surface area contributed by atoms with Crippen LogP contribution in [-0.2, 0) is 9.47 Å². The smallest absolute Gasteiger partial charge is 0.109 e. The highest BCUT2D eigenvalue weighted by Crippen LogP contribution is 2.25. The van der Waals surface area contributed by atoms with Crippen LogP contribution in [0.25, 0.3) is 0 Å². The zero-order chi connectivity index (χ0) is 8.16. The quantitative estimate of drug-likeness (QED) is 0.580. The molecule has 1 heterocycles. The van der Waals surface area contributed by atoms with Crippen molar-refractivity contribution < 1.29 is 9.47 Å². The first-order chi connectivity index (χ1) is 5.33. The molecule has 1 unspecified atom stereocenters. The van der Waals surface area contributed by atoms with E-state index in [2.05, 4.69) is 6.58 Å². The molecule has 1 fully saturated rings. The Morgan fingerprint density at radius 1 is 1.64 bits per heavy atom. The van der Waals surface area contributed by atoms with Gasteiger partial charge in [-0.1, -0.05) is 6.08 Å². The zero-order valence-electron chi connectivity index (χ0n) is 7.14. The van der Waals surface area contributed by atoms with E-state index in [1.807, 2.05) is 6.08 Å². The summed E-state index contributed by atoms with van der Waals surface area (Å²) >= 11 is 0. The van der Waals surface area contributed by atoms with Crippen molar-refractivity contribution in [2.24, 2.45) is 0 Å². The molecule has 1 atom stereocenters. The van der Waals surface area contributed by atoms with Gasteiger partial charge in [-0.3, -0.25) is 0 Å². The van der Waals surface area contributed by atoms with E-state index in [0.29, 0.717) is 6.61 Å². The molecular formula is C9H16O2. The molecule has 0 spiro atoms. The van der Waals surface area contributed by atoms with Gasteiger partial charge in [-0.05, 0) is 19.3 Å². The largest absolute Gasteiger partial charge is 0.381 e. The lowest BCUT2D eigenvalue weighted by atomic mass is 9.95. The van der Waals surface area contributed by atoms with E-state index >= 15 is 0 Å². The predicted molar refractivity (Wildman–Crippen MR) is 44.6 cm³/mol. The van der Waals surface area contributed by atoms with Crippen molar-refractivity contribution in [2.45, 2.75) is 24.9 Å². The topological polar surface area (TPSA) is 18.5 Å². The fraction of sp³-hybridized carbons (Fsp3) is 0.778. The Bertz CT molecular complexity index is 120. The van der Waals surface area contributed by atoms with E-state index in [-0.39, 0.29) is 5.60 Å². The molecule has 0 aromatic heterocycles. The third kappa shape index (κ3) is 2.04. The Hall–Kier alpha value is -0.340. The SMILES string of the molecule is C=CC1(COC)CCCCO1. The molecule has 0 aliphatic carbocycles. The molecule has 0 aromatic rings. The van der Waals surface area contributed by atoms with Gasteiger partial charge in [0.25, 0.3) is 0 Å². The molecule has 11 heavy (non-hydrogen) atoms. The van der Waals surface area contributed by atoms with Gasteiger partial charge in [0.2, 0.25) is 0 Å². The Labute approximate surface area is 68.2 Å². The molecule has 0 bridgehead atoms. The number of methoxy groups -OCH3 is 1. The van der Waals surface area contributed by atoms with Crippen LogP contribution in [0.1, 0.15) is 19.3 Å². The van der Waals surface area contributed by atoms with E-state index in [1.165, 1.54) is 12.8 Å². The molecule has 0 N–H and O–H groups in total. The maximum absolute atomic E-state index is 5.61. The summed E-state index contributed by atoms with van der Waals surface area (Å²) in [7, 11) is 1.70. The van der Waals surface area contributed by atoms with Gasteiger partial charge in [0, 0.05) is 13.7 Å². The lowest BCUT2D eigenvalue weighted by molar-refractivity contribution is -0.0830. The molecule has 0 aromatic carbocycles. The van der Waals surface area contributed by atoms with E-state index < -0.39 is 0 Å². The second kappa shape index (κ2) is 3.88. The Morgan fingerprint density at radius 2 is 2.45 bits per heavy atom. The molecule has 2 heteroatoms. The van der Waals surface area contributed by atoms with Crippen LogP contribution in [0, 0.1) is 0 Å². The van der Waals surface area contributed by atoms with Crippen molar-refractivity contribution in [3.05, 3.63) is 12.7 Å². The van der Waals surface area contributed by atoms with E-state index in [0.717, 1.165) is 13.0 Å². The molecule has 1 saturated heterocycles. The predicted octanol–water partition coefficient (Wildman–Crippen LogP) is 1.76. The van der Waals surface area contributed by atoms with Gasteiger partial charge < -0.3 is 9.47 Å². The highest BCUT2D eigenvalue weighted by Gasteiger charge is 2.29. The molecule has 2 nitrogen and oxygen atoms in total. The van der Waals surface area contributed by atoms with Crippen LogP contribution >= 0.6 is 0 Å². The summed E-state index contributed by atoms with van der Waals surface area (Å²) < 4.78 is 10.7. The van der Waals surface area contributed by atoms with E-state index in [1.54, 1.807) is 7.11 Å². The Morgan fingerprint density at radius 3 is 2.91 bits per heavy atom. The van der Waals surface area contributed by atoms with Gasteiger partial charge in [0.1, 0.15) is 5.60 Å². The summed E-state index contributed by atoms with van der Waals surface area (Å²) in [6.07, 6.45) is 5.30. The van der Waals surface area contributed by atoms with Crippen molar-refractivity contribution in [3.8, 4) is 0 Å². The maximum Gasteiger partial charge on any atom is 0.109 e. The molecule has 1 rings (SSSR count). The fourth-order valence-electron chi connectivity index (χ4n) is 1.45. The molecule has 1 aliphatic rings. The number of hydrogen-bond acceptors (Lipinski definition) is 2. The van der Waals surface area contributed by atoms with Crippen LogP contribution in [0.15, 0.2) is 12.7 Å². The third-order valence-corrected chi connectivity index (χ3v) is 2.14. The lowest BCUT2D eigenvalue weighted by Crippen LogP contribution is -2.38. The highest BCUT2D eigenvalue weighted by atomic mass is 16.5. The van der Waals surface area contributed by atoms with Crippen LogP contribution < -0.4 is 0 Å². The lowest BCUT2D eigenvalue weighted by Gasteiger charge is -2.33. The maximum atomic E-state index is 5.61. The number of rotatable bonds is 3. The molecule has 0 amide bonds. The monoisotopic (exact) mass is 156 g/mol. The van der Waals surface area contributed by atoms with E-state index in [4.69, 9.17) is 9.47 Å². The van der Waals surface area contributed by atoms with Crippen LogP contribution in [-0.4, -0.2) is 25.9 Å². The summed E-state index contributed by atoms with van der Waals surface area (Å²) in [6, 6.07) is 0. The minimum atomic E-state index is -0.188. The normalized spacial score (nSPS) is 31.7. The number of ether oxygens (including phenoxy) is 2. The Balaban J connectivity index is 2.49. The Kier molecular flexibility index (Phi) is 3.09. The molecule has 1 aliphatic heterocycles. The van der Waals surface area contributed by atoms with Crippen molar-refractivity contribution in [2.75, 3.05) is 20.3 Å². The summed E-state index contributed by atoms with van der Waals surface area (Å²) in [5, 5.41) is 0. The van der Waals surface area contributed by atoms with Gasteiger partial charge in [-0.25, -0.2) is 0 Å². The summed E-state index contributed by atoms with van der Waals surface area (Å²) in [6.45, 7) is 5.25. The van der Waals surface area contributed by atoms with E-state index in [9.17, 15) is 0 Å². The van der Waals surface area contributed by atoms with Crippen LogP contribution in [0.4, 0.5) is 0 Å². The van der Waals surface area contributed by atoms with Gasteiger partial charge in [-0.2, -0.15) is 0 Å². The second-order valence-corrected chi connectivity index (χ2v) is 3.01. The first-order valence-electron chi connectivity index (χ1n) is 4.09. The fourth-order valence-corrected chi connectivity index (χ4v) is 1.45. The second-order valence-electron chi connectivity index (χ2n) is 3.01. The van der Waals surface area contributed by atoms with Gasteiger partial charge in [-0.15, -0.1) is 6.58 Å². The highest BCUT2D eigenvalue weighted by molar-refractivity contribution is 4.98. The molecule has 64 valence electrons.